The molecule has 0 fully saturated rings. The summed E-state index contributed by atoms with van der Waals surface area (Å²) >= 11 is 2.76. The van der Waals surface area contributed by atoms with E-state index >= 15 is 0 Å². The molecule has 100 valence electrons. The summed E-state index contributed by atoms with van der Waals surface area (Å²) in [5.41, 5.74) is 0.546. The maximum Gasteiger partial charge on any atom is 0.221 e. The number of pyridine rings is 1. The quantitative estimate of drug-likeness (QED) is 0.753. The molecule has 3 heterocycles. The van der Waals surface area contributed by atoms with Gasteiger partial charge in [0, 0.05) is 24.7 Å². The summed E-state index contributed by atoms with van der Waals surface area (Å²) in [6, 6.07) is 5.43. The zero-order chi connectivity index (χ0) is 14.1. The Labute approximate surface area is 123 Å². The van der Waals surface area contributed by atoms with Gasteiger partial charge in [0.2, 0.25) is 11.7 Å². The van der Waals surface area contributed by atoms with Gasteiger partial charge >= 0.3 is 0 Å². The number of hydrogen-bond acceptors (Lipinski definition) is 5. The van der Waals surface area contributed by atoms with Crippen LogP contribution in [0.15, 0.2) is 36.0 Å². The number of carbonyl (C=O) groups excluding carboxylic acids is 2. The van der Waals surface area contributed by atoms with Gasteiger partial charge in [-0.15, -0.1) is 22.7 Å². The van der Waals surface area contributed by atoms with Crippen LogP contribution in [0, 0.1) is 0 Å². The highest BCUT2D eigenvalue weighted by Gasteiger charge is 2.21. The second kappa shape index (κ2) is 5.15. The van der Waals surface area contributed by atoms with Gasteiger partial charge in [-0.2, -0.15) is 0 Å². The van der Waals surface area contributed by atoms with E-state index in [0.717, 1.165) is 10.1 Å². The van der Waals surface area contributed by atoms with E-state index in [0.29, 0.717) is 15.4 Å². The van der Waals surface area contributed by atoms with Crippen molar-refractivity contribution < 1.29 is 9.59 Å². The number of ketones is 1. The fourth-order valence-corrected chi connectivity index (χ4v) is 3.74. The average Bonchev–Trinajstić information content (AvgIpc) is 3.04. The molecule has 3 aromatic rings. The van der Waals surface area contributed by atoms with Crippen LogP contribution >= 0.6 is 22.7 Å². The Morgan fingerprint density at radius 2 is 2.15 bits per heavy atom. The highest BCUT2D eigenvalue weighted by atomic mass is 32.1. The van der Waals surface area contributed by atoms with Gasteiger partial charge in [0.25, 0.3) is 0 Å². The Morgan fingerprint density at radius 1 is 1.30 bits per heavy atom. The topological polar surface area (TPSA) is 59.1 Å². The lowest BCUT2D eigenvalue weighted by molar-refractivity contribution is -0.114. The van der Waals surface area contributed by atoms with Crippen molar-refractivity contribution in [2.24, 2.45) is 0 Å². The standard InChI is InChI=1S/C14H10N2O2S2/c1-8(17)16-14-12(13(18)10-3-2-6-19-10)9-4-5-15-7-11(9)20-14/h2-7H,1H3,(H,16,17). The maximum atomic E-state index is 12.6. The molecule has 0 aliphatic rings. The molecular weight excluding hydrogens is 292 g/mol. The van der Waals surface area contributed by atoms with Crippen LogP contribution in [0.2, 0.25) is 0 Å². The number of rotatable bonds is 3. The number of anilines is 1. The van der Waals surface area contributed by atoms with E-state index in [1.807, 2.05) is 11.4 Å². The predicted octanol–water partition coefficient (Wildman–Crippen LogP) is 3.55. The Balaban J connectivity index is 2.20. The first-order chi connectivity index (χ1) is 9.66. The van der Waals surface area contributed by atoms with Gasteiger partial charge in [-0.05, 0) is 17.5 Å². The number of carbonyl (C=O) groups is 2. The summed E-state index contributed by atoms with van der Waals surface area (Å²) in [7, 11) is 0. The first-order valence-corrected chi connectivity index (χ1v) is 7.58. The Morgan fingerprint density at radius 3 is 2.85 bits per heavy atom. The monoisotopic (exact) mass is 302 g/mol. The van der Waals surface area contributed by atoms with E-state index in [2.05, 4.69) is 10.3 Å². The lowest BCUT2D eigenvalue weighted by Crippen LogP contribution is -2.08. The fourth-order valence-electron chi connectivity index (χ4n) is 1.96. The van der Waals surface area contributed by atoms with Crippen LogP contribution in [-0.4, -0.2) is 16.7 Å². The van der Waals surface area contributed by atoms with Gasteiger partial charge in [-0.1, -0.05) is 6.07 Å². The van der Waals surface area contributed by atoms with Crippen LogP contribution in [0.5, 0.6) is 0 Å². The van der Waals surface area contributed by atoms with Gasteiger partial charge in [0.1, 0.15) is 5.00 Å². The van der Waals surface area contributed by atoms with Crippen molar-refractivity contribution in [2.45, 2.75) is 6.92 Å². The Kier molecular flexibility index (Phi) is 3.33. The van der Waals surface area contributed by atoms with E-state index in [4.69, 9.17) is 0 Å². The minimum atomic E-state index is -0.190. The highest BCUT2D eigenvalue weighted by molar-refractivity contribution is 7.23. The molecule has 0 saturated heterocycles. The number of aromatic nitrogens is 1. The largest absolute Gasteiger partial charge is 0.317 e. The third-order valence-corrected chi connectivity index (χ3v) is 4.68. The van der Waals surface area contributed by atoms with Crippen LogP contribution in [0.25, 0.3) is 10.1 Å². The molecule has 3 rings (SSSR count). The zero-order valence-electron chi connectivity index (χ0n) is 10.5. The summed E-state index contributed by atoms with van der Waals surface area (Å²) < 4.78 is 0.885. The summed E-state index contributed by atoms with van der Waals surface area (Å²) in [5, 5.41) is 6.01. The van der Waals surface area contributed by atoms with Crippen LogP contribution in [0.4, 0.5) is 5.00 Å². The van der Waals surface area contributed by atoms with Gasteiger partial charge in [0.05, 0.1) is 15.1 Å². The molecule has 0 aromatic carbocycles. The second-order valence-corrected chi connectivity index (χ2v) is 6.17. The van der Waals surface area contributed by atoms with Gasteiger partial charge < -0.3 is 5.32 Å². The molecule has 0 aliphatic carbocycles. The number of thiophene rings is 2. The molecule has 4 nitrogen and oxygen atoms in total. The van der Waals surface area contributed by atoms with Crippen LogP contribution < -0.4 is 5.32 Å². The molecule has 0 unspecified atom stereocenters. The summed E-state index contributed by atoms with van der Waals surface area (Å²) in [5.74, 6) is -0.258. The molecule has 6 heteroatoms. The SMILES string of the molecule is CC(=O)Nc1sc2cnccc2c1C(=O)c1cccs1. The van der Waals surface area contributed by atoms with E-state index in [1.165, 1.54) is 29.6 Å². The van der Waals surface area contributed by atoms with Crippen molar-refractivity contribution >= 4 is 49.5 Å². The zero-order valence-corrected chi connectivity index (χ0v) is 12.2. The smallest absolute Gasteiger partial charge is 0.221 e. The first-order valence-electron chi connectivity index (χ1n) is 5.89. The molecule has 20 heavy (non-hydrogen) atoms. The normalized spacial score (nSPS) is 10.7. The molecule has 0 atom stereocenters. The fraction of sp³-hybridized carbons (Fsp3) is 0.0714. The molecule has 1 N–H and O–H groups in total. The van der Waals surface area contributed by atoms with E-state index < -0.39 is 0 Å². The minimum absolute atomic E-state index is 0.0683. The number of fused-ring (bicyclic) bond motifs is 1. The van der Waals surface area contributed by atoms with Crippen molar-refractivity contribution in [1.29, 1.82) is 0 Å². The minimum Gasteiger partial charge on any atom is -0.317 e. The van der Waals surface area contributed by atoms with Crippen molar-refractivity contribution in [3.63, 3.8) is 0 Å². The third-order valence-electron chi connectivity index (χ3n) is 2.75. The van der Waals surface area contributed by atoms with Crippen molar-refractivity contribution in [2.75, 3.05) is 5.32 Å². The molecule has 1 amide bonds. The molecule has 0 bridgehead atoms. The van der Waals surface area contributed by atoms with Crippen LogP contribution in [0.1, 0.15) is 22.2 Å². The third kappa shape index (κ3) is 2.23. The lowest BCUT2D eigenvalue weighted by Gasteiger charge is -2.02. The summed E-state index contributed by atoms with van der Waals surface area (Å²) in [4.78, 5) is 28.7. The van der Waals surface area contributed by atoms with E-state index in [1.54, 1.807) is 24.5 Å². The van der Waals surface area contributed by atoms with Crippen LogP contribution in [0.3, 0.4) is 0 Å². The van der Waals surface area contributed by atoms with Crippen molar-refractivity contribution in [3.8, 4) is 0 Å². The van der Waals surface area contributed by atoms with E-state index in [-0.39, 0.29) is 11.7 Å². The molecule has 0 spiro atoms. The first kappa shape index (κ1) is 13.0. The summed E-state index contributed by atoms with van der Waals surface area (Å²) in [6.45, 7) is 1.43. The molecule has 3 aromatic heterocycles. The molecule has 0 saturated carbocycles. The lowest BCUT2D eigenvalue weighted by atomic mass is 10.1. The number of nitrogens with one attached hydrogen (secondary N) is 1. The van der Waals surface area contributed by atoms with Crippen LogP contribution in [-0.2, 0) is 4.79 Å². The number of hydrogen-bond donors (Lipinski definition) is 1. The molecule has 0 radical (unpaired) electrons. The van der Waals surface area contributed by atoms with E-state index in [9.17, 15) is 9.59 Å². The van der Waals surface area contributed by atoms with Gasteiger partial charge in [0.15, 0.2) is 0 Å². The highest BCUT2D eigenvalue weighted by Crippen LogP contribution is 2.37. The maximum absolute atomic E-state index is 12.6. The Hall–Kier alpha value is -2.05. The number of amides is 1. The predicted molar refractivity (Wildman–Crippen MR) is 81.7 cm³/mol. The van der Waals surface area contributed by atoms with Crippen molar-refractivity contribution in [3.05, 3.63) is 46.4 Å². The molecule has 0 aliphatic heterocycles. The average molecular weight is 302 g/mol. The van der Waals surface area contributed by atoms with Gasteiger partial charge in [-0.3, -0.25) is 14.6 Å². The molecular formula is C14H10N2O2S2. The van der Waals surface area contributed by atoms with Crippen molar-refractivity contribution in [1.82, 2.24) is 4.98 Å². The Bertz CT molecular complexity index is 791. The summed E-state index contributed by atoms with van der Waals surface area (Å²) in [6.07, 6.45) is 3.36. The van der Waals surface area contributed by atoms with Gasteiger partial charge in [-0.25, -0.2) is 0 Å². The second-order valence-electron chi connectivity index (χ2n) is 4.17. The number of nitrogens with zero attached hydrogens (tertiary/aromatic N) is 1.